The van der Waals surface area contributed by atoms with Crippen LogP contribution in [0, 0.1) is 11.3 Å². The predicted molar refractivity (Wildman–Crippen MR) is 103 cm³/mol. The zero-order valence-corrected chi connectivity index (χ0v) is 16.9. The first-order chi connectivity index (χ1) is 10.5. The van der Waals surface area contributed by atoms with Crippen LogP contribution in [0.25, 0.3) is 6.08 Å². The van der Waals surface area contributed by atoms with Crippen LogP contribution in [-0.4, -0.2) is 14.9 Å². The molecule has 0 saturated heterocycles. The lowest BCUT2D eigenvalue weighted by Gasteiger charge is -2.48. The topological polar surface area (TPSA) is 9.23 Å². The smallest absolute Gasteiger partial charge is 0.191 e. The highest BCUT2D eigenvalue weighted by molar-refractivity contribution is 6.74. The zero-order chi connectivity index (χ0) is 17.3. The summed E-state index contributed by atoms with van der Waals surface area (Å²) in [6.45, 7) is 17.1. The SMILES string of the molecule is CC1(C)C(=C=Cc2ccccc2)CC1CO[Si](C)(C)C(C)(C)C. The summed E-state index contributed by atoms with van der Waals surface area (Å²) in [5.41, 5.74) is 6.37. The monoisotopic (exact) mass is 328 g/mol. The van der Waals surface area contributed by atoms with Crippen molar-refractivity contribution in [3.8, 4) is 0 Å². The average Bonchev–Trinajstić information content (AvgIpc) is 2.45. The fraction of sp³-hybridized carbons (Fsp3) is 0.571. The van der Waals surface area contributed by atoms with Crippen LogP contribution in [0.5, 0.6) is 0 Å². The molecule has 0 heterocycles. The Labute approximate surface area is 143 Å². The highest BCUT2D eigenvalue weighted by Crippen LogP contribution is 2.51. The van der Waals surface area contributed by atoms with Gasteiger partial charge in [0.05, 0.1) is 0 Å². The van der Waals surface area contributed by atoms with E-state index in [-0.39, 0.29) is 10.5 Å². The van der Waals surface area contributed by atoms with Gasteiger partial charge < -0.3 is 4.43 Å². The van der Waals surface area contributed by atoms with Gasteiger partial charge in [-0.3, -0.25) is 0 Å². The Hall–Kier alpha value is -1.08. The van der Waals surface area contributed by atoms with Gasteiger partial charge in [0, 0.05) is 6.61 Å². The van der Waals surface area contributed by atoms with Crippen molar-refractivity contribution < 1.29 is 4.43 Å². The van der Waals surface area contributed by atoms with Crippen molar-refractivity contribution in [2.24, 2.45) is 11.3 Å². The van der Waals surface area contributed by atoms with Crippen molar-refractivity contribution in [1.82, 2.24) is 0 Å². The van der Waals surface area contributed by atoms with E-state index in [1.807, 2.05) is 6.07 Å². The molecule has 126 valence electrons. The van der Waals surface area contributed by atoms with Crippen molar-refractivity contribution >= 4 is 14.4 Å². The summed E-state index contributed by atoms with van der Waals surface area (Å²) in [4.78, 5) is 0. The van der Waals surface area contributed by atoms with Crippen LogP contribution in [0.2, 0.25) is 18.1 Å². The third kappa shape index (κ3) is 4.06. The third-order valence-corrected chi connectivity index (χ3v) is 10.4. The summed E-state index contributed by atoms with van der Waals surface area (Å²) in [5, 5.41) is 0.284. The van der Waals surface area contributed by atoms with Crippen LogP contribution in [0.3, 0.4) is 0 Å². The molecular weight excluding hydrogens is 296 g/mol. The number of hydrogen-bond acceptors (Lipinski definition) is 1. The van der Waals surface area contributed by atoms with E-state index in [1.54, 1.807) is 0 Å². The fourth-order valence-electron chi connectivity index (χ4n) is 2.64. The van der Waals surface area contributed by atoms with Crippen molar-refractivity contribution in [3.05, 3.63) is 47.2 Å². The van der Waals surface area contributed by atoms with Crippen molar-refractivity contribution in [3.63, 3.8) is 0 Å². The predicted octanol–water partition coefficient (Wildman–Crippen LogP) is 6.29. The van der Waals surface area contributed by atoms with Crippen LogP contribution >= 0.6 is 0 Å². The highest BCUT2D eigenvalue weighted by atomic mass is 28.4. The summed E-state index contributed by atoms with van der Waals surface area (Å²) in [6, 6.07) is 10.4. The summed E-state index contributed by atoms with van der Waals surface area (Å²) in [6.07, 6.45) is 3.23. The van der Waals surface area contributed by atoms with E-state index >= 15 is 0 Å². The molecule has 0 aliphatic heterocycles. The Bertz CT molecular complexity index is 598. The fourth-order valence-corrected chi connectivity index (χ4v) is 3.69. The minimum absolute atomic E-state index is 0.202. The lowest BCUT2D eigenvalue weighted by atomic mass is 9.59. The number of hydrogen-bond donors (Lipinski definition) is 0. The largest absolute Gasteiger partial charge is 0.417 e. The summed E-state index contributed by atoms with van der Waals surface area (Å²) >= 11 is 0. The molecule has 1 saturated carbocycles. The molecule has 0 aromatic heterocycles. The van der Waals surface area contributed by atoms with Gasteiger partial charge in [0.25, 0.3) is 0 Å². The molecule has 1 aromatic rings. The van der Waals surface area contributed by atoms with Crippen LogP contribution in [0.15, 0.2) is 41.6 Å². The van der Waals surface area contributed by atoms with Crippen LogP contribution in [0.4, 0.5) is 0 Å². The highest BCUT2D eigenvalue weighted by Gasteiger charge is 2.45. The Morgan fingerprint density at radius 2 is 1.83 bits per heavy atom. The first-order valence-corrected chi connectivity index (χ1v) is 11.6. The van der Waals surface area contributed by atoms with E-state index in [4.69, 9.17) is 4.43 Å². The maximum absolute atomic E-state index is 6.43. The Morgan fingerprint density at radius 3 is 2.35 bits per heavy atom. The number of rotatable bonds is 4. The van der Waals surface area contributed by atoms with E-state index in [9.17, 15) is 0 Å². The second-order valence-corrected chi connectivity index (χ2v) is 13.7. The van der Waals surface area contributed by atoms with Gasteiger partial charge in [-0.05, 0) is 53.1 Å². The maximum atomic E-state index is 6.43. The normalized spacial score (nSPS) is 20.7. The van der Waals surface area contributed by atoms with E-state index in [0.717, 1.165) is 13.0 Å². The summed E-state index contributed by atoms with van der Waals surface area (Å²) < 4.78 is 6.43. The van der Waals surface area contributed by atoms with Gasteiger partial charge in [0.2, 0.25) is 0 Å². The molecule has 1 aliphatic carbocycles. The molecule has 1 aliphatic rings. The lowest BCUT2D eigenvalue weighted by Crippen LogP contribution is -2.46. The van der Waals surface area contributed by atoms with Crippen LogP contribution in [-0.2, 0) is 4.43 Å². The Morgan fingerprint density at radius 1 is 1.22 bits per heavy atom. The van der Waals surface area contributed by atoms with E-state index in [1.165, 1.54) is 11.1 Å². The van der Waals surface area contributed by atoms with E-state index in [2.05, 4.69) is 83.8 Å². The standard InChI is InChI=1S/C21H32OSi/c1-20(2,3)23(6,7)22-16-19-15-18(21(19,4)5)14-13-17-11-9-8-10-12-17/h8-13,19H,15-16H2,1-7H3. The third-order valence-electron chi connectivity index (χ3n) is 5.91. The molecule has 0 amide bonds. The molecule has 1 fully saturated rings. The molecule has 0 N–H and O–H groups in total. The molecule has 1 atom stereocenters. The van der Waals surface area contributed by atoms with Gasteiger partial charge in [-0.15, -0.1) is 5.73 Å². The van der Waals surface area contributed by atoms with Gasteiger partial charge in [-0.2, -0.15) is 0 Å². The minimum Gasteiger partial charge on any atom is -0.417 e. The van der Waals surface area contributed by atoms with Crippen molar-refractivity contribution in [2.45, 2.75) is 59.2 Å². The van der Waals surface area contributed by atoms with Gasteiger partial charge in [-0.25, -0.2) is 0 Å². The van der Waals surface area contributed by atoms with Gasteiger partial charge in [0.15, 0.2) is 8.32 Å². The quantitative estimate of drug-likeness (QED) is 0.466. The molecule has 1 nitrogen and oxygen atoms in total. The van der Waals surface area contributed by atoms with Crippen molar-refractivity contribution in [2.75, 3.05) is 6.61 Å². The molecule has 1 aromatic carbocycles. The Balaban J connectivity index is 2.01. The average molecular weight is 329 g/mol. The summed E-state index contributed by atoms with van der Waals surface area (Å²) in [5.74, 6) is 0.614. The van der Waals surface area contributed by atoms with Crippen molar-refractivity contribution in [1.29, 1.82) is 0 Å². The first kappa shape index (κ1) is 18.3. The maximum Gasteiger partial charge on any atom is 0.191 e. The Kier molecular flexibility index (Phi) is 5.11. The number of benzene rings is 1. The molecule has 1 unspecified atom stereocenters. The van der Waals surface area contributed by atoms with Crippen LogP contribution in [0.1, 0.15) is 46.6 Å². The molecule has 0 spiro atoms. The second-order valence-electron chi connectivity index (χ2n) is 8.87. The first-order valence-electron chi connectivity index (χ1n) is 8.69. The molecule has 23 heavy (non-hydrogen) atoms. The van der Waals surface area contributed by atoms with Gasteiger partial charge in [-0.1, -0.05) is 65.0 Å². The molecular formula is C21H32OSi. The van der Waals surface area contributed by atoms with Gasteiger partial charge in [0.1, 0.15) is 0 Å². The lowest BCUT2D eigenvalue weighted by molar-refractivity contribution is 0.0902. The van der Waals surface area contributed by atoms with E-state index < -0.39 is 8.32 Å². The second kappa shape index (κ2) is 6.43. The summed E-state index contributed by atoms with van der Waals surface area (Å²) in [7, 11) is -1.64. The number of allylic oxidation sites excluding steroid dienone is 1. The zero-order valence-electron chi connectivity index (χ0n) is 15.9. The molecule has 2 heteroatoms. The molecule has 0 bridgehead atoms. The molecule has 0 radical (unpaired) electrons. The molecule has 2 rings (SSSR count). The minimum atomic E-state index is -1.64. The van der Waals surface area contributed by atoms with Gasteiger partial charge >= 0.3 is 0 Å². The van der Waals surface area contributed by atoms with Crippen LogP contribution < -0.4 is 0 Å². The van der Waals surface area contributed by atoms with E-state index in [0.29, 0.717) is 5.92 Å².